The Morgan fingerprint density at radius 1 is 1.64 bits per heavy atom. The minimum absolute atomic E-state index is 0.313. The van der Waals surface area contributed by atoms with E-state index in [0.29, 0.717) is 6.73 Å². The van der Waals surface area contributed by atoms with E-state index in [-0.39, 0.29) is 5.97 Å². The lowest BCUT2D eigenvalue weighted by atomic mass is 10.4. The average Bonchev–Trinajstić information content (AvgIpc) is 2.63. The van der Waals surface area contributed by atoms with Gasteiger partial charge in [-0.15, -0.1) is 11.3 Å². The predicted octanol–water partition coefficient (Wildman–Crippen LogP) is 1.82. The van der Waals surface area contributed by atoms with Crippen LogP contribution in [0.3, 0.4) is 0 Å². The lowest BCUT2D eigenvalue weighted by Crippen LogP contribution is -2.18. The van der Waals surface area contributed by atoms with Crippen LogP contribution in [0.5, 0.6) is 0 Å². The Morgan fingerprint density at radius 3 is 3.00 bits per heavy atom. The number of hydrogen-bond acceptors (Lipinski definition) is 4. The van der Waals surface area contributed by atoms with Gasteiger partial charge in [0.1, 0.15) is 6.73 Å². The molecular formula is C10H13NO2S. The maximum Gasteiger partial charge on any atom is 0.332 e. The number of rotatable bonds is 4. The van der Waals surface area contributed by atoms with E-state index in [1.165, 1.54) is 6.08 Å². The molecule has 0 radical (unpaired) electrons. The van der Waals surface area contributed by atoms with Crippen molar-refractivity contribution < 1.29 is 9.53 Å². The maximum atomic E-state index is 11.1. The molecule has 1 rings (SSSR count). The molecule has 0 fully saturated rings. The fourth-order valence-corrected chi connectivity index (χ4v) is 1.40. The van der Waals surface area contributed by atoms with Crippen LogP contribution < -0.4 is 0 Å². The second kappa shape index (κ2) is 5.57. The highest BCUT2D eigenvalue weighted by Crippen LogP contribution is 2.09. The summed E-state index contributed by atoms with van der Waals surface area (Å²) in [5, 5.41) is 1.96. The summed E-state index contributed by atoms with van der Waals surface area (Å²) in [6, 6.07) is 3.88. The third-order valence-electron chi connectivity index (χ3n) is 1.39. The van der Waals surface area contributed by atoms with Crippen LogP contribution in [0.25, 0.3) is 6.08 Å². The Kier molecular flexibility index (Phi) is 4.35. The van der Waals surface area contributed by atoms with Gasteiger partial charge < -0.3 is 4.74 Å². The SMILES string of the molecule is CN(C)COC(=O)/C=C\c1cccs1. The lowest BCUT2D eigenvalue weighted by Gasteiger charge is -2.07. The molecule has 1 aromatic rings. The van der Waals surface area contributed by atoms with Crippen LogP contribution in [0.15, 0.2) is 23.6 Å². The molecule has 76 valence electrons. The van der Waals surface area contributed by atoms with Gasteiger partial charge in [0.05, 0.1) is 0 Å². The molecule has 3 nitrogen and oxygen atoms in total. The maximum absolute atomic E-state index is 11.1. The highest BCUT2D eigenvalue weighted by atomic mass is 32.1. The molecule has 4 heteroatoms. The molecule has 0 aliphatic rings. The first kappa shape index (κ1) is 10.9. The number of esters is 1. The lowest BCUT2D eigenvalue weighted by molar-refractivity contribution is -0.141. The van der Waals surface area contributed by atoms with Crippen LogP contribution >= 0.6 is 11.3 Å². The zero-order valence-corrected chi connectivity index (χ0v) is 9.08. The van der Waals surface area contributed by atoms with Crippen LogP contribution in [0.2, 0.25) is 0 Å². The van der Waals surface area contributed by atoms with Crippen molar-refractivity contribution in [2.45, 2.75) is 0 Å². The van der Waals surface area contributed by atoms with E-state index in [1.807, 2.05) is 31.6 Å². The zero-order chi connectivity index (χ0) is 10.4. The van der Waals surface area contributed by atoms with Crippen molar-refractivity contribution in [1.29, 1.82) is 0 Å². The summed E-state index contributed by atoms with van der Waals surface area (Å²) in [6.07, 6.45) is 3.19. The zero-order valence-electron chi connectivity index (χ0n) is 8.27. The molecule has 0 aliphatic carbocycles. The van der Waals surface area contributed by atoms with Crippen LogP contribution in [-0.2, 0) is 9.53 Å². The Bertz CT molecular complexity index is 304. The second-order valence-electron chi connectivity index (χ2n) is 3.02. The van der Waals surface area contributed by atoms with Crippen LogP contribution in [0.4, 0.5) is 0 Å². The van der Waals surface area contributed by atoms with Crippen molar-refractivity contribution in [1.82, 2.24) is 4.90 Å². The molecule has 0 bridgehead atoms. The van der Waals surface area contributed by atoms with Gasteiger partial charge in [-0.3, -0.25) is 4.90 Å². The van der Waals surface area contributed by atoms with Gasteiger partial charge in [-0.05, 0) is 31.6 Å². The van der Waals surface area contributed by atoms with Gasteiger partial charge in [0.2, 0.25) is 0 Å². The van der Waals surface area contributed by atoms with Crippen molar-refractivity contribution in [2.24, 2.45) is 0 Å². The standard InChI is InChI=1S/C10H13NO2S/c1-11(2)8-13-10(12)6-5-9-4-3-7-14-9/h3-7H,8H2,1-2H3/b6-5-. The molecule has 0 N–H and O–H groups in total. The van der Waals surface area contributed by atoms with E-state index in [4.69, 9.17) is 4.74 Å². The van der Waals surface area contributed by atoms with E-state index in [2.05, 4.69) is 0 Å². The average molecular weight is 211 g/mol. The van der Waals surface area contributed by atoms with Gasteiger partial charge in [0, 0.05) is 11.0 Å². The number of hydrogen-bond donors (Lipinski definition) is 0. The molecule has 0 saturated carbocycles. The molecule has 0 saturated heterocycles. The predicted molar refractivity (Wildman–Crippen MR) is 58.0 cm³/mol. The summed E-state index contributed by atoms with van der Waals surface area (Å²) in [4.78, 5) is 13.9. The van der Waals surface area contributed by atoms with Crippen LogP contribution in [-0.4, -0.2) is 31.7 Å². The normalized spacial score (nSPS) is 11.1. The number of ether oxygens (including phenoxy) is 1. The third kappa shape index (κ3) is 4.20. The fraction of sp³-hybridized carbons (Fsp3) is 0.300. The van der Waals surface area contributed by atoms with E-state index in [1.54, 1.807) is 22.3 Å². The van der Waals surface area contributed by atoms with Crippen molar-refractivity contribution in [2.75, 3.05) is 20.8 Å². The van der Waals surface area contributed by atoms with Gasteiger partial charge in [-0.25, -0.2) is 4.79 Å². The molecular weight excluding hydrogens is 198 g/mol. The summed E-state index contributed by atoms with van der Waals surface area (Å²) >= 11 is 1.58. The topological polar surface area (TPSA) is 29.5 Å². The fourth-order valence-electron chi connectivity index (χ4n) is 0.777. The molecule has 1 heterocycles. The molecule has 0 aromatic carbocycles. The minimum Gasteiger partial charge on any atom is -0.446 e. The van der Waals surface area contributed by atoms with E-state index < -0.39 is 0 Å². The third-order valence-corrected chi connectivity index (χ3v) is 2.23. The summed E-state index contributed by atoms with van der Waals surface area (Å²) in [5.41, 5.74) is 0. The number of carbonyl (C=O) groups excluding carboxylic acids is 1. The molecule has 0 unspecified atom stereocenters. The molecule has 0 amide bonds. The first-order valence-electron chi connectivity index (χ1n) is 4.21. The Labute approximate surface area is 87.6 Å². The van der Waals surface area contributed by atoms with Gasteiger partial charge in [0.15, 0.2) is 0 Å². The summed E-state index contributed by atoms with van der Waals surface area (Å²) in [7, 11) is 3.69. The van der Waals surface area contributed by atoms with Crippen molar-refractivity contribution >= 4 is 23.4 Å². The second-order valence-corrected chi connectivity index (χ2v) is 4.00. The molecule has 0 atom stereocenters. The highest BCUT2D eigenvalue weighted by Gasteiger charge is 1.97. The Hall–Kier alpha value is -1.13. The molecule has 0 aliphatic heterocycles. The minimum atomic E-state index is -0.313. The van der Waals surface area contributed by atoms with E-state index >= 15 is 0 Å². The summed E-state index contributed by atoms with van der Waals surface area (Å²) in [6.45, 7) is 0.313. The van der Waals surface area contributed by atoms with Gasteiger partial charge in [-0.1, -0.05) is 6.07 Å². The van der Waals surface area contributed by atoms with Gasteiger partial charge in [0.25, 0.3) is 0 Å². The van der Waals surface area contributed by atoms with Crippen molar-refractivity contribution in [3.05, 3.63) is 28.5 Å². The molecule has 1 aromatic heterocycles. The molecule has 0 spiro atoms. The van der Waals surface area contributed by atoms with Crippen molar-refractivity contribution in [3.8, 4) is 0 Å². The Morgan fingerprint density at radius 2 is 2.43 bits per heavy atom. The number of thiophene rings is 1. The smallest absolute Gasteiger partial charge is 0.332 e. The Balaban J connectivity index is 2.34. The van der Waals surface area contributed by atoms with E-state index in [9.17, 15) is 4.79 Å². The summed E-state index contributed by atoms with van der Waals surface area (Å²) in [5.74, 6) is -0.313. The first-order chi connectivity index (χ1) is 6.68. The molecule has 14 heavy (non-hydrogen) atoms. The number of nitrogens with zero attached hydrogens (tertiary/aromatic N) is 1. The van der Waals surface area contributed by atoms with Gasteiger partial charge >= 0.3 is 5.97 Å². The largest absolute Gasteiger partial charge is 0.446 e. The summed E-state index contributed by atoms with van der Waals surface area (Å²) < 4.78 is 4.91. The van der Waals surface area contributed by atoms with Crippen LogP contribution in [0, 0.1) is 0 Å². The first-order valence-corrected chi connectivity index (χ1v) is 5.09. The quantitative estimate of drug-likeness (QED) is 0.432. The van der Waals surface area contributed by atoms with Crippen molar-refractivity contribution in [3.63, 3.8) is 0 Å². The van der Waals surface area contributed by atoms with E-state index in [0.717, 1.165) is 4.88 Å². The van der Waals surface area contributed by atoms with Gasteiger partial charge in [-0.2, -0.15) is 0 Å². The monoisotopic (exact) mass is 211 g/mol. The highest BCUT2D eigenvalue weighted by molar-refractivity contribution is 7.10. The van der Waals surface area contributed by atoms with Crippen LogP contribution in [0.1, 0.15) is 4.88 Å². The number of carbonyl (C=O) groups is 1.